The van der Waals surface area contributed by atoms with Crippen LogP contribution in [0.5, 0.6) is 0 Å². The van der Waals surface area contributed by atoms with Gasteiger partial charge in [-0.05, 0) is 24.3 Å². The summed E-state index contributed by atoms with van der Waals surface area (Å²) >= 11 is 6.00. The Hall–Kier alpha value is -2.71. The number of nitrogens with zero attached hydrogens (tertiary/aromatic N) is 1. The van der Waals surface area contributed by atoms with Gasteiger partial charge in [-0.2, -0.15) is 0 Å². The first kappa shape index (κ1) is 18.6. The van der Waals surface area contributed by atoms with E-state index in [0.29, 0.717) is 10.7 Å². The number of carbonyl (C=O) groups is 4. The molecule has 1 aromatic rings. The molecule has 0 saturated carbocycles. The van der Waals surface area contributed by atoms with E-state index in [1.165, 1.54) is 12.1 Å². The summed E-state index contributed by atoms with van der Waals surface area (Å²) in [4.78, 5) is 50.5. The number of rotatable bonds is 4. The summed E-state index contributed by atoms with van der Waals surface area (Å²) in [7, 11) is 0. The van der Waals surface area contributed by atoms with Crippen LogP contribution in [-0.2, 0) is 33.4 Å². The molecule has 8 nitrogen and oxygen atoms in total. The van der Waals surface area contributed by atoms with Gasteiger partial charge in [-0.25, -0.2) is 4.90 Å². The van der Waals surface area contributed by atoms with E-state index in [2.05, 4.69) is 0 Å². The fraction of sp³-hybridized carbons (Fsp3) is 0.368. The summed E-state index contributed by atoms with van der Waals surface area (Å²) in [5, 5.41) is 0.375. The van der Waals surface area contributed by atoms with Gasteiger partial charge < -0.3 is 14.2 Å². The number of hydrogen-bond donors (Lipinski definition) is 0. The van der Waals surface area contributed by atoms with E-state index in [4.69, 9.17) is 25.8 Å². The van der Waals surface area contributed by atoms with Crippen molar-refractivity contribution >= 4 is 41.0 Å². The molecule has 2 amide bonds. The molecule has 3 aliphatic rings. The summed E-state index contributed by atoms with van der Waals surface area (Å²) < 4.78 is 16.2. The molecule has 2 bridgehead atoms. The summed E-state index contributed by atoms with van der Waals surface area (Å²) in [5.74, 6) is -4.23. The molecular formula is C19H16ClNO7. The third-order valence-electron chi connectivity index (χ3n) is 5.06. The van der Waals surface area contributed by atoms with Crippen molar-refractivity contribution < 1.29 is 33.4 Å². The highest BCUT2D eigenvalue weighted by Gasteiger charge is 2.72. The minimum atomic E-state index is -1.56. The largest absolute Gasteiger partial charge is 0.422 e. The van der Waals surface area contributed by atoms with Crippen molar-refractivity contribution in [1.82, 2.24) is 0 Å². The smallest absolute Gasteiger partial charge is 0.305 e. The fourth-order valence-electron chi connectivity index (χ4n) is 4.09. The van der Waals surface area contributed by atoms with Crippen molar-refractivity contribution in [2.75, 3.05) is 4.90 Å². The number of esters is 2. The SMILES string of the molecule is CC(=O)OC(OC(C)=O)[C@@]12C=C[C@@H](O1)[C@H]1C(=O)N(c3cccc(Cl)c3)C(=O)[C@@H]12. The molecule has 0 unspecified atom stereocenters. The van der Waals surface area contributed by atoms with E-state index in [-0.39, 0.29) is 0 Å². The Kier molecular flexibility index (Phi) is 4.28. The average Bonchev–Trinajstić information content (AvgIpc) is 3.25. The number of ether oxygens (including phenoxy) is 3. The first-order valence-corrected chi connectivity index (χ1v) is 8.97. The van der Waals surface area contributed by atoms with Crippen LogP contribution in [0.3, 0.4) is 0 Å². The molecule has 0 aromatic heterocycles. The first-order chi connectivity index (χ1) is 13.2. The highest BCUT2D eigenvalue weighted by Crippen LogP contribution is 2.54. The van der Waals surface area contributed by atoms with Gasteiger partial charge in [0.05, 0.1) is 23.6 Å². The average molecular weight is 406 g/mol. The molecule has 2 fully saturated rings. The van der Waals surface area contributed by atoms with Crippen molar-refractivity contribution in [3.05, 3.63) is 41.4 Å². The second kappa shape index (κ2) is 6.42. The van der Waals surface area contributed by atoms with Gasteiger partial charge in [0.1, 0.15) is 0 Å². The lowest BCUT2D eigenvalue weighted by Crippen LogP contribution is -2.52. The maximum Gasteiger partial charge on any atom is 0.305 e. The predicted molar refractivity (Wildman–Crippen MR) is 95.0 cm³/mol. The normalized spacial score (nSPS) is 30.1. The Morgan fingerprint density at radius 2 is 1.86 bits per heavy atom. The van der Waals surface area contributed by atoms with Gasteiger partial charge in [-0.15, -0.1) is 0 Å². The van der Waals surface area contributed by atoms with Crippen LogP contribution in [0, 0.1) is 11.8 Å². The van der Waals surface area contributed by atoms with Gasteiger partial charge >= 0.3 is 11.9 Å². The van der Waals surface area contributed by atoms with Gasteiger partial charge in [-0.1, -0.05) is 23.7 Å². The molecule has 0 N–H and O–H groups in total. The van der Waals surface area contributed by atoms with Crippen molar-refractivity contribution in [2.45, 2.75) is 31.8 Å². The van der Waals surface area contributed by atoms with Crippen molar-refractivity contribution in [1.29, 1.82) is 0 Å². The maximum atomic E-state index is 13.2. The van der Waals surface area contributed by atoms with Crippen LogP contribution >= 0.6 is 11.6 Å². The molecule has 4 rings (SSSR count). The molecule has 2 saturated heterocycles. The summed E-state index contributed by atoms with van der Waals surface area (Å²) in [5.41, 5.74) is -1.23. The fourth-order valence-corrected chi connectivity index (χ4v) is 4.27. The molecule has 3 aliphatic heterocycles. The van der Waals surface area contributed by atoms with Gasteiger partial charge in [0.15, 0.2) is 5.60 Å². The number of amides is 2. The number of hydrogen-bond acceptors (Lipinski definition) is 7. The van der Waals surface area contributed by atoms with Crippen LogP contribution in [-0.4, -0.2) is 41.7 Å². The van der Waals surface area contributed by atoms with Gasteiger partial charge in [0, 0.05) is 18.9 Å². The summed E-state index contributed by atoms with van der Waals surface area (Å²) in [6.07, 6.45) is 0.963. The number of imide groups is 1. The van der Waals surface area contributed by atoms with Crippen molar-refractivity contribution in [3.8, 4) is 0 Å². The number of carbonyl (C=O) groups excluding carboxylic acids is 4. The van der Waals surface area contributed by atoms with Crippen LogP contribution < -0.4 is 4.90 Å². The Bertz CT molecular complexity index is 913. The Morgan fingerprint density at radius 3 is 2.46 bits per heavy atom. The van der Waals surface area contributed by atoms with Crippen LogP contribution in [0.1, 0.15) is 13.8 Å². The van der Waals surface area contributed by atoms with Crippen molar-refractivity contribution in [2.24, 2.45) is 11.8 Å². The molecule has 4 atom stereocenters. The first-order valence-electron chi connectivity index (χ1n) is 8.59. The number of anilines is 1. The molecule has 0 spiro atoms. The number of benzene rings is 1. The molecular weight excluding hydrogens is 390 g/mol. The minimum Gasteiger partial charge on any atom is -0.422 e. The molecule has 0 aliphatic carbocycles. The van der Waals surface area contributed by atoms with E-state index in [1.807, 2.05) is 0 Å². The lowest BCUT2D eigenvalue weighted by atomic mass is 9.76. The van der Waals surface area contributed by atoms with E-state index in [1.54, 1.807) is 24.3 Å². The Morgan fingerprint density at radius 1 is 1.18 bits per heavy atom. The number of fused-ring (bicyclic) bond motifs is 5. The zero-order valence-electron chi connectivity index (χ0n) is 15.0. The predicted octanol–water partition coefficient (Wildman–Crippen LogP) is 1.61. The quantitative estimate of drug-likeness (QED) is 0.324. The third kappa shape index (κ3) is 2.63. The topological polar surface area (TPSA) is 99.2 Å². The molecule has 3 heterocycles. The van der Waals surface area contributed by atoms with E-state index in [9.17, 15) is 19.2 Å². The molecule has 146 valence electrons. The Labute approximate surface area is 165 Å². The zero-order valence-corrected chi connectivity index (χ0v) is 15.7. The monoisotopic (exact) mass is 405 g/mol. The second-order valence-corrected chi connectivity index (χ2v) is 7.28. The van der Waals surface area contributed by atoms with E-state index >= 15 is 0 Å². The molecule has 9 heteroatoms. The van der Waals surface area contributed by atoms with Crippen molar-refractivity contribution in [3.63, 3.8) is 0 Å². The number of halogens is 1. The second-order valence-electron chi connectivity index (χ2n) is 6.84. The van der Waals surface area contributed by atoms with E-state index in [0.717, 1.165) is 18.7 Å². The molecule has 1 aromatic carbocycles. The lowest BCUT2D eigenvalue weighted by molar-refractivity contribution is -0.226. The standard InChI is InChI=1S/C19H16ClNO7/c1-9(22)26-18(27-10(2)23)19-7-6-13(28-19)14-15(19)17(25)21(16(14)24)12-5-3-4-11(20)8-12/h3-8,13-15,18H,1-2H3/t13-,14-,15-,19+/m1/s1. The summed E-state index contributed by atoms with van der Waals surface area (Å²) in [6.45, 7) is 2.30. The van der Waals surface area contributed by atoms with Crippen LogP contribution in [0.15, 0.2) is 36.4 Å². The third-order valence-corrected chi connectivity index (χ3v) is 5.29. The maximum absolute atomic E-state index is 13.2. The Balaban J connectivity index is 1.75. The molecule has 28 heavy (non-hydrogen) atoms. The highest BCUT2D eigenvalue weighted by molar-refractivity contribution is 6.31. The lowest BCUT2D eigenvalue weighted by Gasteiger charge is -2.34. The highest BCUT2D eigenvalue weighted by atomic mass is 35.5. The van der Waals surface area contributed by atoms with Gasteiger partial charge in [-0.3, -0.25) is 19.2 Å². The molecule has 0 radical (unpaired) electrons. The van der Waals surface area contributed by atoms with E-state index < -0.39 is 53.6 Å². The van der Waals surface area contributed by atoms with Crippen LogP contribution in [0.2, 0.25) is 5.02 Å². The van der Waals surface area contributed by atoms with Gasteiger partial charge in [0.2, 0.25) is 11.8 Å². The van der Waals surface area contributed by atoms with Crippen LogP contribution in [0.4, 0.5) is 5.69 Å². The van der Waals surface area contributed by atoms with Crippen LogP contribution in [0.25, 0.3) is 0 Å². The summed E-state index contributed by atoms with van der Waals surface area (Å²) in [6, 6.07) is 6.37. The van der Waals surface area contributed by atoms with Gasteiger partial charge in [0.25, 0.3) is 6.29 Å². The zero-order chi connectivity index (χ0) is 20.2. The minimum absolute atomic E-state index is 0.336.